The molecule has 1 rings (SSSR count). The van der Waals surface area contributed by atoms with E-state index < -0.39 is 0 Å². The van der Waals surface area contributed by atoms with E-state index in [1.165, 1.54) is 32.2 Å². The van der Waals surface area contributed by atoms with Crippen LogP contribution in [0.1, 0.15) is 53.4 Å². The molecule has 0 aliphatic carbocycles. The average Bonchev–Trinajstić information content (AvgIpc) is 2.29. The lowest BCUT2D eigenvalue weighted by molar-refractivity contribution is 0.307. The van der Waals surface area contributed by atoms with Crippen molar-refractivity contribution in [3.05, 3.63) is 0 Å². The van der Waals surface area contributed by atoms with Gasteiger partial charge in [-0.2, -0.15) is 0 Å². The van der Waals surface area contributed by atoms with Gasteiger partial charge in [0, 0.05) is 6.04 Å². The van der Waals surface area contributed by atoms with E-state index in [1.54, 1.807) is 0 Å². The first-order valence-electron chi connectivity index (χ1n) is 6.36. The molecule has 1 nitrogen and oxygen atoms in total. The van der Waals surface area contributed by atoms with Gasteiger partial charge >= 0.3 is 0 Å². The lowest BCUT2D eigenvalue weighted by Gasteiger charge is -2.25. The minimum absolute atomic E-state index is 0.773. The lowest BCUT2D eigenvalue weighted by atomic mass is 9.87. The van der Waals surface area contributed by atoms with Crippen molar-refractivity contribution in [2.45, 2.75) is 59.4 Å². The highest BCUT2D eigenvalue weighted by atomic mass is 14.9. The molecule has 0 saturated carbocycles. The summed E-state index contributed by atoms with van der Waals surface area (Å²) in [5, 5.41) is 3.73. The Hall–Kier alpha value is -0.0400. The van der Waals surface area contributed by atoms with E-state index >= 15 is 0 Å². The number of rotatable bonds is 3. The van der Waals surface area contributed by atoms with Crippen molar-refractivity contribution in [1.82, 2.24) is 5.32 Å². The fourth-order valence-electron chi connectivity index (χ4n) is 2.55. The second kappa shape index (κ2) is 5.75. The Morgan fingerprint density at radius 3 is 2.71 bits per heavy atom. The molecule has 1 saturated heterocycles. The number of nitrogens with one attached hydrogen (secondary N) is 1. The van der Waals surface area contributed by atoms with Crippen LogP contribution in [0.15, 0.2) is 0 Å². The van der Waals surface area contributed by atoms with Crippen molar-refractivity contribution in [3.8, 4) is 0 Å². The van der Waals surface area contributed by atoms with Gasteiger partial charge < -0.3 is 5.32 Å². The molecule has 4 unspecified atom stereocenters. The van der Waals surface area contributed by atoms with E-state index in [4.69, 9.17) is 0 Å². The van der Waals surface area contributed by atoms with Crippen LogP contribution in [0.2, 0.25) is 0 Å². The Balaban J connectivity index is 2.42. The van der Waals surface area contributed by atoms with E-state index in [1.807, 2.05) is 0 Å². The number of hydrogen-bond acceptors (Lipinski definition) is 1. The summed E-state index contributed by atoms with van der Waals surface area (Å²) in [5.41, 5.74) is 0. The summed E-state index contributed by atoms with van der Waals surface area (Å²) < 4.78 is 0. The Labute approximate surface area is 89.7 Å². The largest absolute Gasteiger partial charge is 0.314 e. The third-order valence-electron chi connectivity index (χ3n) is 3.86. The molecule has 1 heteroatoms. The SMILES string of the molecule is CCC(C)CC1NCCC(C)CC1C. The second-order valence-corrected chi connectivity index (χ2v) is 5.42. The Morgan fingerprint density at radius 2 is 2.07 bits per heavy atom. The molecule has 0 bridgehead atoms. The van der Waals surface area contributed by atoms with Crippen LogP contribution in [-0.2, 0) is 0 Å². The summed E-state index contributed by atoms with van der Waals surface area (Å²) in [6.45, 7) is 10.7. The van der Waals surface area contributed by atoms with Gasteiger partial charge in [-0.05, 0) is 43.6 Å². The summed E-state index contributed by atoms with van der Waals surface area (Å²) in [4.78, 5) is 0. The van der Waals surface area contributed by atoms with Crippen LogP contribution >= 0.6 is 0 Å². The smallest absolute Gasteiger partial charge is 0.00953 e. The van der Waals surface area contributed by atoms with Gasteiger partial charge in [-0.25, -0.2) is 0 Å². The van der Waals surface area contributed by atoms with Gasteiger partial charge in [0.2, 0.25) is 0 Å². The van der Waals surface area contributed by atoms with Crippen LogP contribution in [-0.4, -0.2) is 12.6 Å². The van der Waals surface area contributed by atoms with Crippen LogP contribution in [0.3, 0.4) is 0 Å². The highest BCUT2D eigenvalue weighted by molar-refractivity contribution is 4.80. The van der Waals surface area contributed by atoms with Gasteiger partial charge in [-0.15, -0.1) is 0 Å². The molecule has 0 radical (unpaired) electrons. The minimum atomic E-state index is 0.773. The maximum atomic E-state index is 3.73. The Morgan fingerprint density at radius 1 is 1.36 bits per heavy atom. The standard InChI is InChI=1S/C13H27N/c1-5-10(2)9-13-12(4)8-11(3)6-7-14-13/h10-14H,5-9H2,1-4H3. The molecule has 1 aliphatic rings. The molecule has 0 amide bonds. The summed E-state index contributed by atoms with van der Waals surface area (Å²) in [5.74, 6) is 2.66. The molecule has 1 heterocycles. The second-order valence-electron chi connectivity index (χ2n) is 5.42. The van der Waals surface area contributed by atoms with E-state index in [9.17, 15) is 0 Å². The third kappa shape index (κ3) is 3.61. The first-order valence-corrected chi connectivity index (χ1v) is 6.36. The molecule has 1 fully saturated rings. The van der Waals surface area contributed by atoms with Gasteiger partial charge in [-0.1, -0.05) is 34.1 Å². The summed E-state index contributed by atoms with van der Waals surface area (Å²) in [6, 6.07) is 0.773. The van der Waals surface area contributed by atoms with E-state index in [-0.39, 0.29) is 0 Å². The van der Waals surface area contributed by atoms with E-state index in [0.717, 1.165) is 23.8 Å². The fourth-order valence-corrected chi connectivity index (χ4v) is 2.55. The van der Waals surface area contributed by atoms with Crippen LogP contribution in [0, 0.1) is 17.8 Å². The lowest BCUT2D eigenvalue weighted by Crippen LogP contribution is -2.35. The first kappa shape index (κ1) is 12.0. The van der Waals surface area contributed by atoms with Crippen molar-refractivity contribution >= 4 is 0 Å². The normalized spacial score (nSPS) is 36.4. The monoisotopic (exact) mass is 197 g/mol. The van der Waals surface area contributed by atoms with E-state index in [0.29, 0.717) is 0 Å². The van der Waals surface area contributed by atoms with Gasteiger partial charge in [0.25, 0.3) is 0 Å². The molecule has 0 spiro atoms. The van der Waals surface area contributed by atoms with Crippen molar-refractivity contribution in [3.63, 3.8) is 0 Å². The maximum Gasteiger partial charge on any atom is 0.00953 e. The highest BCUT2D eigenvalue weighted by Crippen LogP contribution is 2.25. The highest BCUT2D eigenvalue weighted by Gasteiger charge is 2.23. The Kier molecular flexibility index (Phi) is 4.94. The van der Waals surface area contributed by atoms with Crippen molar-refractivity contribution in [2.75, 3.05) is 6.54 Å². The van der Waals surface area contributed by atoms with Gasteiger partial charge in [0.15, 0.2) is 0 Å². The van der Waals surface area contributed by atoms with Crippen LogP contribution in [0.5, 0.6) is 0 Å². The van der Waals surface area contributed by atoms with Crippen molar-refractivity contribution < 1.29 is 0 Å². The molecule has 0 aromatic heterocycles. The summed E-state index contributed by atoms with van der Waals surface area (Å²) in [6.07, 6.45) is 5.46. The molecule has 1 N–H and O–H groups in total. The van der Waals surface area contributed by atoms with Gasteiger partial charge in [0.05, 0.1) is 0 Å². The molecule has 0 aromatic carbocycles. The molecule has 4 atom stereocenters. The van der Waals surface area contributed by atoms with Crippen LogP contribution in [0.25, 0.3) is 0 Å². The molecule has 0 aromatic rings. The quantitative estimate of drug-likeness (QED) is 0.731. The van der Waals surface area contributed by atoms with Crippen LogP contribution < -0.4 is 5.32 Å². The zero-order chi connectivity index (χ0) is 10.6. The molecular formula is C13H27N. The summed E-state index contributed by atoms with van der Waals surface area (Å²) in [7, 11) is 0. The average molecular weight is 197 g/mol. The zero-order valence-electron chi connectivity index (χ0n) is 10.3. The van der Waals surface area contributed by atoms with Crippen molar-refractivity contribution in [2.24, 2.45) is 17.8 Å². The summed E-state index contributed by atoms with van der Waals surface area (Å²) >= 11 is 0. The topological polar surface area (TPSA) is 12.0 Å². The molecule has 14 heavy (non-hydrogen) atoms. The van der Waals surface area contributed by atoms with Crippen LogP contribution in [0.4, 0.5) is 0 Å². The molecule has 84 valence electrons. The van der Waals surface area contributed by atoms with E-state index in [2.05, 4.69) is 33.0 Å². The van der Waals surface area contributed by atoms with Gasteiger partial charge in [-0.3, -0.25) is 0 Å². The Bertz CT molecular complexity index is 155. The maximum absolute atomic E-state index is 3.73. The predicted molar refractivity (Wildman–Crippen MR) is 63.4 cm³/mol. The fraction of sp³-hybridized carbons (Fsp3) is 1.00. The zero-order valence-corrected chi connectivity index (χ0v) is 10.3. The predicted octanol–water partition coefficient (Wildman–Crippen LogP) is 3.45. The molecule has 1 aliphatic heterocycles. The number of hydrogen-bond donors (Lipinski definition) is 1. The first-order chi connectivity index (χ1) is 6.63. The van der Waals surface area contributed by atoms with Crippen molar-refractivity contribution in [1.29, 1.82) is 0 Å². The molecular weight excluding hydrogens is 170 g/mol. The third-order valence-corrected chi connectivity index (χ3v) is 3.86. The minimum Gasteiger partial charge on any atom is -0.314 e. The van der Waals surface area contributed by atoms with Gasteiger partial charge in [0.1, 0.15) is 0 Å².